The van der Waals surface area contributed by atoms with Crippen LogP contribution in [0, 0.1) is 6.92 Å². The second-order valence-corrected chi connectivity index (χ2v) is 7.56. The van der Waals surface area contributed by atoms with Crippen molar-refractivity contribution in [1.29, 1.82) is 0 Å². The molecule has 7 heteroatoms. The van der Waals surface area contributed by atoms with Crippen molar-refractivity contribution in [2.45, 2.75) is 31.0 Å². The van der Waals surface area contributed by atoms with Crippen LogP contribution in [0.2, 0.25) is 0 Å². The number of nitrogens with one attached hydrogen (secondary N) is 2. The molecule has 0 bridgehead atoms. The second-order valence-electron chi connectivity index (χ2n) is 4.74. The third-order valence-electron chi connectivity index (χ3n) is 2.80. The van der Waals surface area contributed by atoms with E-state index in [1.54, 1.807) is 24.4 Å². The third kappa shape index (κ3) is 4.52. The van der Waals surface area contributed by atoms with E-state index in [4.69, 9.17) is 0 Å². The maximum atomic E-state index is 12.3. The number of rotatable bonds is 7. The summed E-state index contributed by atoms with van der Waals surface area (Å²) >= 11 is 1.23. The first-order chi connectivity index (χ1) is 10.0. The molecule has 5 nitrogen and oxygen atoms in total. The highest BCUT2D eigenvalue weighted by Gasteiger charge is 2.17. The topological polar surface area (TPSA) is 71.1 Å². The summed E-state index contributed by atoms with van der Waals surface area (Å²) in [5.41, 5.74) is 2.28. The van der Waals surface area contributed by atoms with Gasteiger partial charge < -0.3 is 5.32 Å². The highest BCUT2D eigenvalue weighted by Crippen LogP contribution is 2.23. The lowest BCUT2D eigenvalue weighted by Gasteiger charge is -2.06. The number of sulfonamides is 1. The lowest BCUT2D eigenvalue weighted by atomic mass is 10.3. The van der Waals surface area contributed by atoms with Gasteiger partial charge in [0.1, 0.15) is 4.21 Å². The quantitative estimate of drug-likeness (QED) is 0.768. The Labute approximate surface area is 129 Å². The van der Waals surface area contributed by atoms with E-state index in [-0.39, 0.29) is 0 Å². The van der Waals surface area contributed by atoms with Gasteiger partial charge in [0.2, 0.25) is 0 Å². The Hall–Kier alpha value is -1.44. The minimum atomic E-state index is -3.53. The fourth-order valence-corrected chi connectivity index (χ4v) is 4.07. The zero-order valence-electron chi connectivity index (χ0n) is 12.1. The molecule has 2 aromatic rings. The van der Waals surface area contributed by atoms with Crippen LogP contribution in [0.5, 0.6) is 0 Å². The fourth-order valence-electron chi connectivity index (χ4n) is 1.81. The van der Waals surface area contributed by atoms with Crippen LogP contribution in [0.1, 0.15) is 24.6 Å². The molecule has 0 radical (unpaired) electrons. The standard InChI is InChI=1S/C14H19N3O2S2/c1-3-5-15-9-12-8-14(20-10-12)21(18,19)17-13-4-6-16-11(2)7-13/h4,6-8,10,15H,3,5,9H2,1-2H3,(H,16,17). The van der Waals surface area contributed by atoms with E-state index in [1.165, 1.54) is 11.3 Å². The number of nitrogens with zero attached hydrogens (tertiary/aromatic N) is 1. The van der Waals surface area contributed by atoms with Crippen molar-refractivity contribution in [2.75, 3.05) is 11.3 Å². The predicted molar refractivity (Wildman–Crippen MR) is 86.1 cm³/mol. The zero-order valence-corrected chi connectivity index (χ0v) is 13.7. The zero-order chi connectivity index (χ0) is 15.3. The average Bonchev–Trinajstić information content (AvgIpc) is 2.88. The molecule has 0 aromatic carbocycles. The first-order valence-electron chi connectivity index (χ1n) is 6.75. The van der Waals surface area contributed by atoms with Gasteiger partial charge in [-0.2, -0.15) is 0 Å². The van der Waals surface area contributed by atoms with Crippen molar-refractivity contribution in [2.24, 2.45) is 0 Å². The number of hydrogen-bond acceptors (Lipinski definition) is 5. The van der Waals surface area contributed by atoms with Gasteiger partial charge in [0, 0.05) is 18.4 Å². The van der Waals surface area contributed by atoms with Gasteiger partial charge >= 0.3 is 0 Å². The van der Waals surface area contributed by atoms with Crippen LogP contribution in [0.3, 0.4) is 0 Å². The van der Waals surface area contributed by atoms with Crippen LogP contribution in [0.4, 0.5) is 5.69 Å². The van der Waals surface area contributed by atoms with Gasteiger partial charge in [-0.3, -0.25) is 9.71 Å². The van der Waals surface area contributed by atoms with Crippen molar-refractivity contribution < 1.29 is 8.42 Å². The summed E-state index contributed by atoms with van der Waals surface area (Å²) in [5, 5.41) is 5.13. The van der Waals surface area contributed by atoms with E-state index in [0.717, 1.165) is 24.2 Å². The molecule has 0 aliphatic carbocycles. The van der Waals surface area contributed by atoms with Gasteiger partial charge in [-0.1, -0.05) is 6.92 Å². The third-order valence-corrected chi connectivity index (χ3v) is 5.67. The number of pyridine rings is 1. The van der Waals surface area contributed by atoms with Crippen molar-refractivity contribution in [3.8, 4) is 0 Å². The molecule has 0 amide bonds. The Morgan fingerprint density at radius 3 is 2.86 bits per heavy atom. The lowest BCUT2D eigenvalue weighted by Crippen LogP contribution is -2.14. The van der Waals surface area contributed by atoms with Crippen LogP contribution in [-0.2, 0) is 16.6 Å². The Kier molecular flexibility index (Phi) is 5.33. The van der Waals surface area contributed by atoms with E-state index in [1.807, 2.05) is 12.3 Å². The Bertz CT molecular complexity index is 696. The van der Waals surface area contributed by atoms with E-state index < -0.39 is 10.0 Å². The van der Waals surface area contributed by atoms with Crippen molar-refractivity contribution in [1.82, 2.24) is 10.3 Å². The van der Waals surface area contributed by atoms with Crippen LogP contribution < -0.4 is 10.0 Å². The van der Waals surface area contributed by atoms with E-state index in [2.05, 4.69) is 21.9 Å². The normalized spacial score (nSPS) is 11.5. The molecule has 0 saturated heterocycles. The van der Waals surface area contributed by atoms with Gasteiger partial charge in [-0.25, -0.2) is 8.42 Å². The molecular weight excluding hydrogens is 306 g/mol. The summed E-state index contributed by atoms with van der Waals surface area (Å²) in [6.07, 6.45) is 2.64. The van der Waals surface area contributed by atoms with Crippen LogP contribution >= 0.6 is 11.3 Å². The minimum absolute atomic E-state index is 0.324. The van der Waals surface area contributed by atoms with Crippen LogP contribution in [0.15, 0.2) is 34.0 Å². The molecule has 0 fully saturated rings. The highest BCUT2D eigenvalue weighted by molar-refractivity contribution is 7.94. The number of anilines is 1. The maximum Gasteiger partial charge on any atom is 0.271 e. The summed E-state index contributed by atoms with van der Waals surface area (Å²) in [6, 6.07) is 5.06. The predicted octanol–water partition coefficient (Wildman–Crippen LogP) is 2.75. The summed E-state index contributed by atoms with van der Waals surface area (Å²) in [4.78, 5) is 4.05. The largest absolute Gasteiger partial charge is 0.313 e. The van der Waals surface area contributed by atoms with Crippen molar-refractivity contribution in [3.63, 3.8) is 0 Å². The van der Waals surface area contributed by atoms with Crippen molar-refractivity contribution >= 4 is 27.0 Å². The first kappa shape index (κ1) is 15.9. The molecule has 2 heterocycles. The lowest BCUT2D eigenvalue weighted by molar-refractivity contribution is 0.603. The molecule has 0 aliphatic rings. The number of hydrogen-bond donors (Lipinski definition) is 2. The van der Waals surface area contributed by atoms with Gasteiger partial charge in [0.15, 0.2) is 0 Å². The Morgan fingerprint density at radius 2 is 2.14 bits per heavy atom. The Balaban J connectivity index is 2.09. The van der Waals surface area contributed by atoms with Crippen molar-refractivity contribution in [3.05, 3.63) is 41.0 Å². The summed E-state index contributed by atoms with van der Waals surface area (Å²) in [7, 11) is -3.53. The molecule has 2 rings (SSSR count). The summed E-state index contributed by atoms with van der Waals surface area (Å²) in [6.45, 7) is 5.53. The molecule has 21 heavy (non-hydrogen) atoms. The number of thiophene rings is 1. The van der Waals surface area contributed by atoms with Crippen LogP contribution in [0.25, 0.3) is 0 Å². The second kappa shape index (κ2) is 7.02. The van der Waals surface area contributed by atoms with Gasteiger partial charge in [-0.15, -0.1) is 11.3 Å². The van der Waals surface area contributed by atoms with E-state index in [0.29, 0.717) is 16.4 Å². The van der Waals surface area contributed by atoms with E-state index >= 15 is 0 Å². The summed E-state index contributed by atoms with van der Waals surface area (Å²) < 4.78 is 27.5. The molecule has 2 aromatic heterocycles. The average molecular weight is 325 g/mol. The molecule has 2 N–H and O–H groups in total. The number of aromatic nitrogens is 1. The fraction of sp³-hybridized carbons (Fsp3) is 0.357. The monoisotopic (exact) mass is 325 g/mol. The molecule has 0 saturated carbocycles. The molecule has 0 atom stereocenters. The van der Waals surface area contributed by atoms with Gasteiger partial charge in [0.25, 0.3) is 10.0 Å². The SMILES string of the molecule is CCCNCc1csc(S(=O)(=O)Nc2ccnc(C)c2)c1. The maximum absolute atomic E-state index is 12.3. The van der Waals surface area contributed by atoms with Gasteiger partial charge in [-0.05, 0) is 49.0 Å². The molecule has 0 unspecified atom stereocenters. The molecule has 114 valence electrons. The molecular formula is C14H19N3O2S2. The molecule has 0 spiro atoms. The summed E-state index contributed by atoms with van der Waals surface area (Å²) in [5.74, 6) is 0. The Morgan fingerprint density at radius 1 is 1.33 bits per heavy atom. The van der Waals surface area contributed by atoms with Gasteiger partial charge in [0.05, 0.1) is 5.69 Å². The van der Waals surface area contributed by atoms with E-state index in [9.17, 15) is 8.42 Å². The highest BCUT2D eigenvalue weighted by atomic mass is 32.2. The minimum Gasteiger partial charge on any atom is -0.313 e. The number of aryl methyl sites for hydroxylation is 1. The first-order valence-corrected chi connectivity index (χ1v) is 9.11. The van der Waals surface area contributed by atoms with Crippen LogP contribution in [-0.4, -0.2) is 19.9 Å². The molecule has 0 aliphatic heterocycles. The smallest absolute Gasteiger partial charge is 0.271 e.